The van der Waals surface area contributed by atoms with E-state index in [4.69, 9.17) is 5.73 Å². The molecule has 2 heteroatoms. The molecule has 1 aromatic carbocycles. The van der Waals surface area contributed by atoms with Crippen molar-refractivity contribution in [2.45, 2.75) is 13.0 Å². The summed E-state index contributed by atoms with van der Waals surface area (Å²) in [4.78, 5) is 0. The van der Waals surface area contributed by atoms with Crippen LogP contribution in [0.2, 0.25) is 0 Å². The van der Waals surface area contributed by atoms with Crippen LogP contribution in [0.4, 0.5) is 4.39 Å². The van der Waals surface area contributed by atoms with E-state index in [1.165, 1.54) is 12.1 Å². The van der Waals surface area contributed by atoms with Gasteiger partial charge in [-0.1, -0.05) is 24.3 Å². The fourth-order valence-electron chi connectivity index (χ4n) is 0.837. The lowest BCUT2D eigenvalue weighted by atomic mass is 10.2. The van der Waals surface area contributed by atoms with Gasteiger partial charge in [-0.2, -0.15) is 0 Å². The molecule has 1 rings (SSSR count). The van der Waals surface area contributed by atoms with Crippen molar-refractivity contribution >= 4 is 6.08 Å². The highest BCUT2D eigenvalue weighted by molar-refractivity contribution is 5.49. The smallest absolute Gasteiger partial charge is 0.123 e. The van der Waals surface area contributed by atoms with Crippen LogP contribution in [0.25, 0.3) is 6.08 Å². The summed E-state index contributed by atoms with van der Waals surface area (Å²) >= 11 is 0. The number of halogens is 1. The molecule has 0 aliphatic carbocycles. The first-order valence-corrected chi connectivity index (χ1v) is 3.88. The fourth-order valence-corrected chi connectivity index (χ4v) is 0.837. The number of benzene rings is 1. The molecule has 0 radical (unpaired) electrons. The van der Waals surface area contributed by atoms with Gasteiger partial charge in [-0.3, -0.25) is 0 Å². The minimum atomic E-state index is -0.215. The Morgan fingerprint density at radius 3 is 2.42 bits per heavy atom. The topological polar surface area (TPSA) is 26.0 Å². The zero-order valence-corrected chi connectivity index (χ0v) is 7.00. The summed E-state index contributed by atoms with van der Waals surface area (Å²) in [6.45, 7) is 1.89. The van der Waals surface area contributed by atoms with Crippen molar-refractivity contribution in [1.82, 2.24) is 0 Å². The maximum atomic E-state index is 12.4. The van der Waals surface area contributed by atoms with Crippen LogP contribution in [-0.2, 0) is 0 Å². The van der Waals surface area contributed by atoms with Crippen LogP contribution < -0.4 is 5.73 Å². The Labute approximate surface area is 71.7 Å². The average molecular weight is 165 g/mol. The van der Waals surface area contributed by atoms with Gasteiger partial charge in [-0.25, -0.2) is 4.39 Å². The van der Waals surface area contributed by atoms with Crippen molar-refractivity contribution in [3.05, 3.63) is 41.7 Å². The van der Waals surface area contributed by atoms with E-state index in [0.717, 1.165) is 5.56 Å². The standard InChI is InChI=1S/C10H12FN/c1-8(12)2-3-9-4-6-10(11)7-5-9/h2-8H,12H2,1H3. The second-order valence-corrected chi connectivity index (χ2v) is 2.77. The van der Waals surface area contributed by atoms with E-state index in [-0.39, 0.29) is 11.9 Å². The van der Waals surface area contributed by atoms with Gasteiger partial charge in [0.05, 0.1) is 0 Å². The van der Waals surface area contributed by atoms with Crippen molar-refractivity contribution in [3.8, 4) is 0 Å². The summed E-state index contributed by atoms with van der Waals surface area (Å²) in [7, 11) is 0. The van der Waals surface area contributed by atoms with Crippen molar-refractivity contribution in [2.75, 3.05) is 0 Å². The Hall–Kier alpha value is -1.15. The fraction of sp³-hybridized carbons (Fsp3) is 0.200. The molecule has 0 fully saturated rings. The largest absolute Gasteiger partial charge is 0.325 e. The molecule has 1 atom stereocenters. The van der Waals surface area contributed by atoms with E-state index in [9.17, 15) is 4.39 Å². The first-order chi connectivity index (χ1) is 5.68. The second kappa shape index (κ2) is 4.02. The lowest BCUT2D eigenvalue weighted by molar-refractivity contribution is 0.628. The highest BCUT2D eigenvalue weighted by atomic mass is 19.1. The monoisotopic (exact) mass is 165 g/mol. The molecule has 0 aromatic heterocycles. The minimum absolute atomic E-state index is 0.0371. The Bertz CT molecular complexity index is 262. The number of rotatable bonds is 2. The molecule has 1 nitrogen and oxygen atoms in total. The quantitative estimate of drug-likeness (QED) is 0.714. The predicted octanol–water partition coefficient (Wildman–Crippen LogP) is 2.19. The highest BCUT2D eigenvalue weighted by Gasteiger charge is 1.89. The molecule has 0 aliphatic heterocycles. The van der Waals surface area contributed by atoms with Crippen molar-refractivity contribution < 1.29 is 4.39 Å². The first-order valence-electron chi connectivity index (χ1n) is 3.88. The molecule has 12 heavy (non-hydrogen) atoms. The van der Waals surface area contributed by atoms with Crippen LogP contribution in [0.15, 0.2) is 30.3 Å². The van der Waals surface area contributed by atoms with Gasteiger partial charge < -0.3 is 5.73 Å². The van der Waals surface area contributed by atoms with E-state index in [1.807, 2.05) is 19.1 Å². The third-order valence-electron chi connectivity index (χ3n) is 1.46. The molecule has 1 aromatic rings. The van der Waals surface area contributed by atoms with Gasteiger partial charge in [0.1, 0.15) is 5.82 Å². The average Bonchev–Trinajstić information content (AvgIpc) is 2.03. The molecule has 0 aliphatic rings. The molecular formula is C10H12FN. The maximum Gasteiger partial charge on any atom is 0.123 e. The van der Waals surface area contributed by atoms with Crippen molar-refractivity contribution in [2.24, 2.45) is 5.73 Å². The molecule has 0 saturated carbocycles. The van der Waals surface area contributed by atoms with E-state index >= 15 is 0 Å². The third kappa shape index (κ3) is 2.84. The molecule has 0 amide bonds. The van der Waals surface area contributed by atoms with E-state index in [1.54, 1.807) is 12.1 Å². The Morgan fingerprint density at radius 1 is 1.33 bits per heavy atom. The van der Waals surface area contributed by atoms with Crippen LogP contribution in [0.5, 0.6) is 0 Å². The molecule has 1 unspecified atom stereocenters. The normalized spacial score (nSPS) is 13.6. The van der Waals surface area contributed by atoms with Gasteiger partial charge >= 0.3 is 0 Å². The highest BCUT2D eigenvalue weighted by Crippen LogP contribution is 2.04. The first kappa shape index (κ1) is 8.94. The molecule has 0 spiro atoms. The van der Waals surface area contributed by atoms with Gasteiger partial charge in [-0.05, 0) is 24.6 Å². The predicted molar refractivity (Wildman–Crippen MR) is 49.1 cm³/mol. The summed E-state index contributed by atoms with van der Waals surface area (Å²) in [5.74, 6) is -0.215. The maximum absolute atomic E-state index is 12.4. The second-order valence-electron chi connectivity index (χ2n) is 2.77. The van der Waals surface area contributed by atoms with Crippen molar-refractivity contribution in [1.29, 1.82) is 0 Å². The number of hydrogen-bond acceptors (Lipinski definition) is 1. The summed E-state index contributed by atoms with van der Waals surface area (Å²) in [6.07, 6.45) is 3.75. The Balaban J connectivity index is 2.71. The third-order valence-corrected chi connectivity index (χ3v) is 1.46. The van der Waals surface area contributed by atoms with Gasteiger partial charge in [0.15, 0.2) is 0 Å². The number of nitrogens with two attached hydrogens (primary N) is 1. The molecule has 0 bridgehead atoms. The van der Waals surface area contributed by atoms with Crippen LogP contribution in [0.3, 0.4) is 0 Å². The SMILES string of the molecule is CC(N)C=Cc1ccc(F)cc1. The lowest BCUT2D eigenvalue weighted by Crippen LogP contribution is -2.09. The zero-order chi connectivity index (χ0) is 8.97. The van der Waals surface area contributed by atoms with Crippen LogP contribution in [0, 0.1) is 5.82 Å². The van der Waals surface area contributed by atoms with Gasteiger partial charge in [0.25, 0.3) is 0 Å². The molecule has 2 N–H and O–H groups in total. The summed E-state index contributed by atoms with van der Waals surface area (Å²) < 4.78 is 12.4. The van der Waals surface area contributed by atoms with Crippen molar-refractivity contribution in [3.63, 3.8) is 0 Å². The lowest BCUT2D eigenvalue weighted by Gasteiger charge is -1.95. The van der Waals surface area contributed by atoms with Gasteiger partial charge in [0, 0.05) is 6.04 Å². The minimum Gasteiger partial charge on any atom is -0.325 e. The van der Waals surface area contributed by atoms with E-state index in [2.05, 4.69) is 0 Å². The zero-order valence-electron chi connectivity index (χ0n) is 7.00. The Kier molecular flexibility index (Phi) is 3.00. The van der Waals surface area contributed by atoms with E-state index in [0.29, 0.717) is 0 Å². The Morgan fingerprint density at radius 2 is 1.92 bits per heavy atom. The number of hydrogen-bond donors (Lipinski definition) is 1. The summed E-state index contributed by atoms with van der Waals surface area (Å²) in [6, 6.07) is 6.33. The van der Waals surface area contributed by atoms with Crippen LogP contribution in [-0.4, -0.2) is 6.04 Å². The van der Waals surface area contributed by atoms with Gasteiger partial charge in [-0.15, -0.1) is 0 Å². The van der Waals surface area contributed by atoms with E-state index < -0.39 is 0 Å². The van der Waals surface area contributed by atoms with Gasteiger partial charge in [0.2, 0.25) is 0 Å². The summed E-state index contributed by atoms with van der Waals surface area (Å²) in [5, 5.41) is 0. The molecule has 0 saturated heterocycles. The van der Waals surface area contributed by atoms with Crippen LogP contribution in [0.1, 0.15) is 12.5 Å². The van der Waals surface area contributed by atoms with Crippen LogP contribution >= 0.6 is 0 Å². The molecule has 0 heterocycles. The molecular weight excluding hydrogens is 153 g/mol. The molecule has 64 valence electrons. The summed E-state index contributed by atoms with van der Waals surface area (Å²) in [5.41, 5.74) is 6.48.